The monoisotopic (exact) mass is 239 g/mol. The standard InChI is InChI=1S/C15H13NO2/c17-14-8-11(9-15(18)16-14)13-7-3-5-10-4-1-2-6-12(10)13/h1-7,11H,8-9H2,(H,16,17,18). The van der Waals surface area contributed by atoms with E-state index in [9.17, 15) is 9.59 Å². The summed E-state index contributed by atoms with van der Waals surface area (Å²) in [4.78, 5) is 22.9. The van der Waals surface area contributed by atoms with Crippen LogP contribution in [-0.2, 0) is 9.59 Å². The molecule has 0 aliphatic carbocycles. The zero-order valence-electron chi connectivity index (χ0n) is 9.85. The number of imide groups is 1. The molecule has 2 amide bonds. The van der Waals surface area contributed by atoms with Crippen LogP contribution in [0.3, 0.4) is 0 Å². The van der Waals surface area contributed by atoms with Crippen LogP contribution in [0.1, 0.15) is 24.3 Å². The molecular weight excluding hydrogens is 226 g/mol. The van der Waals surface area contributed by atoms with Crippen molar-refractivity contribution in [3.8, 4) is 0 Å². The van der Waals surface area contributed by atoms with Gasteiger partial charge < -0.3 is 0 Å². The number of carbonyl (C=O) groups is 2. The molecule has 3 rings (SSSR count). The molecule has 0 atom stereocenters. The topological polar surface area (TPSA) is 46.2 Å². The molecule has 0 bridgehead atoms. The lowest BCUT2D eigenvalue weighted by molar-refractivity contribution is -0.133. The van der Waals surface area contributed by atoms with E-state index in [1.807, 2.05) is 42.5 Å². The smallest absolute Gasteiger partial charge is 0.227 e. The van der Waals surface area contributed by atoms with Crippen LogP contribution in [0.4, 0.5) is 0 Å². The van der Waals surface area contributed by atoms with Gasteiger partial charge in [-0.3, -0.25) is 14.9 Å². The fourth-order valence-electron chi connectivity index (χ4n) is 2.60. The number of amides is 2. The van der Waals surface area contributed by atoms with E-state index in [1.165, 1.54) is 0 Å². The SMILES string of the molecule is O=C1CC(c2cccc3ccccc23)CC(=O)N1. The molecule has 0 saturated carbocycles. The molecule has 90 valence electrons. The highest BCUT2D eigenvalue weighted by Gasteiger charge is 2.26. The first-order valence-corrected chi connectivity index (χ1v) is 6.04. The summed E-state index contributed by atoms with van der Waals surface area (Å²) in [5, 5.41) is 4.63. The largest absolute Gasteiger partial charge is 0.296 e. The average molecular weight is 239 g/mol. The first-order valence-electron chi connectivity index (χ1n) is 6.04. The lowest BCUT2D eigenvalue weighted by Crippen LogP contribution is -2.37. The van der Waals surface area contributed by atoms with Gasteiger partial charge in [0.1, 0.15) is 0 Å². The normalized spacial score (nSPS) is 16.9. The van der Waals surface area contributed by atoms with Crippen molar-refractivity contribution < 1.29 is 9.59 Å². The Morgan fingerprint density at radius 2 is 1.56 bits per heavy atom. The van der Waals surface area contributed by atoms with E-state index in [2.05, 4.69) is 5.32 Å². The van der Waals surface area contributed by atoms with Gasteiger partial charge in [0.2, 0.25) is 11.8 Å². The summed E-state index contributed by atoms with van der Waals surface area (Å²) in [6.07, 6.45) is 0.777. The molecule has 1 saturated heterocycles. The van der Waals surface area contributed by atoms with Crippen molar-refractivity contribution >= 4 is 22.6 Å². The number of hydrogen-bond donors (Lipinski definition) is 1. The van der Waals surface area contributed by atoms with Crippen LogP contribution < -0.4 is 5.32 Å². The molecule has 1 N–H and O–H groups in total. The zero-order chi connectivity index (χ0) is 12.5. The molecule has 3 nitrogen and oxygen atoms in total. The second kappa shape index (κ2) is 4.26. The van der Waals surface area contributed by atoms with Gasteiger partial charge in [-0.05, 0) is 16.3 Å². The van der Waals surface area contributed by atoms with Crippen molar-refractivity contribution in [1.29, 1.82) is 0 Å². The minimum atomic E-state index is -0.177. The highest BCUT2D eigenvalue weighted by molar-refractivity contribution is 5.99. The Balaban J connectivity index is 2.08. The molecule has 0 radical (unpaired) electrons. The zero-order valence-corrected chi connectivity index (χ0v) is 9.85. The van der Waals surface area contributed by atoms with E-state index in [1.54, 1.807) is 0 Å². The number of benzene rings is 2. The third kappa shape index (κ3) is 1.88. The van der Waals surface area contributed by atoms with Gasteiger partial charge in [0.15, 0.2) is 0 Å². The van der Waals surface area contributed by atoms with Gasteiger partial charge in [-0.1, -0.05) is 42.5 Å². The number of carbonyl (C=O) groups excluding carboxylic acids is 2. The maximum Gasteiger partial charge on any atom is 0.227 e. The summed E-state index contributed by atoms with van der Waals surface area (Å²) in [5.41, 5.74) is 1.09. The summed E-state index contributed by atoms with van der Waals surface area (Å²) in [6.45, 7) is 0. The Kier molecular flexibility index (Phi) is 2.59. The van der Waals surface area contributed by atoms with Crippen LogP contribution in [-0.4, -0.2) is 11.8 Å². The fraction of sp³-hybridized carbons (Fsp3) is 0.200. The van der Waals surface area contributed by atoms with E-state index in [-0.39, 0.29) is 17.7 Å². The molecule has 1 aliphatic heterocycles. The van der Waals surface area contributed by atoms with E-state index >= 15 is 0 Å². The highest BCUT2D eigenvalue weighted by atomic mass is 16.2. The quantitative estimate of drug-likeness (QED) is 0.776. The van der Waals surface area contributed by atoms with Crippen molar-refractivity contribution in [3.05, 3.63) is 48.0 Å². The average Bonchev–Trinajstić information content (AvgIpc) is 2.37. The van der Waals surface area contributed by atoms with Gasteiger partial charge in [0.05, 0.1) is 0 Å². The van der Waals surface area contributed by atoms with Crippen LogP contribution in [0, 0.1) is 0 Å². The van der Waals surface area contributed by atoms with Crippen LogP contribution in [0.25, 0.3) is 10.8 Å². The van der Waals surface area contributed by atoms with E-state index < -0.39 is 0 Å². The Labute approximate surface area is 105 Å². The van der Waals surface area contributed by atoms with Gasteiger partial charge >= 0.3 is 0 Å². The molecule has 18 heavy (non-hydrogen) atoms. The van der Waals surface area contributed by atoms with Crippen molar-refractivity contribution in [2.75, 3.05) is 0 Å². The Hall–Kier alpha value is -2.16. The molecule has 3 heteroatoms. The molecule has 0 unspecified atom stereocenters. The molecule has 2 aromatic carbocycles. The van der Waals surface area contributed by atoms with Gasteiger partial charge in [-0.2, -0.15) is 0 Å². The third-order valence-corrected chi connectivity index (χ3v) is 3.41. The third-order valence-electron chi connectivity index (χ3n) is 3.41. The number of piperidine rings is 1. The predicted octanol–water partition coefficient (Wildman–Crippen LogP) is 2.36. The molecule has 1 heterocycles. The Bertz CT molecular complexity index is 612. The minimum Gasteiger partial charge on any atom is -0.296 e. The van der Waals surface area contributed by atoms with E-state index in [0.29, 0.717) is 12.8 Å². The second-order valence-corrected chi connectivity index (χ2v) is 4.64. The molecule has 1 fully saturated rings. The maximum absolute atomic E-state index is 11.5. The van der Waals surface area contributed by atoms with Crippen LogP contribution in [0.2, 0.25) is 0 Å². The van der Waals surface area contributed by atoms with Crippen molar-refractivity contribution in [2.45, 2.75) is 18.8 Å². The first-order chi connectivity index (χ1) is 8.74. The van der Waals surface area contributed by atoms with Crippen molar-refractivity contribution in [3.63, 3.8) is 0 Å². The summed E-state index contributed by atoms with van der Waals surface area (Å²) in [6, 6.07) is 14.1. The van der Waals surface area contributed by atoms with Gasteiger partial charge in [-0.15, -0.1) is 0 Å². The maximum atomic E-state index is 11.5. The lowest BCUT2D eigenvalue weighted by Gasteiger charge is -2.22. The number of hydrogen-bond acceptors (Lipinski definition) is 2. The fourth-order valence-corrected chi connectivity index (χ4v) is 2.60. The minimum absolute atomic E-state index is 0.00245. The predicted molar refractivity (Wildman–Crippen MR) is 69.1 cm³/mol. The van der Waals surface area contributed by atoms with Crippen LogP contribution in [0.15, 0.2) is 42.5 Å². The summed E-state index contributed by atoms with van der Waals surface area (Å²) < 4.78 is 0. The van der Waals surface area contributed by atoms with Crippen LogP contribution >= 0.6 is 0 Å². The van der Waals surface area contributed by atoms with Crippen molar-refractivity contribution in [1.82, 2.24) is 5.32 Å². The highest BCUT2D eigenvalue weighted by Crippen LogP contribution is 2.31. The Morgan fingerprint density at radius 1 is 0.889 bits per heavy atom. The number of fused-ring (bicyclic) bond motifs is 1. The van der Waals surface area contributed by atoms with Crippen LogP contribution in [0.5, 0.6) is 0 Å². The summed E-state index contributed by atoms with van der Waals surface area (Å²) in [7, 11) is 0. The molecule has 2 aromatic rings. The molecule has 0 spiro atoms. The van der Waals surface area contributed by atoms with Gasteiger partial charge in [0, 0.05) is 18.8 Å². The van der Waals surface area contributed by atoms with E-state index in [4.69, 9.17) is 0 Å². The summed E-state index contributed by atoms with van der Waals surface area (Å²) in [5.74, 6) is -0.356. The molecule has 0 aromatic heterocycles. The first kappa shape index (κ1) is 11.0. The molecular formula is C15H13NO2. The molecule has 1 aliphatic rings. The number of nitrogens with one attached hydrogen (secondary N) is 1. The van der Waals surface area contributed by atoms with Gasteiger partial charge in [0.25, 0.3) is 0 Å². The van der Waals surface area contributed by atoms with Gasteiger partial charge in [-0.25, -0.2) is 0 Å². The van der Waals surface area contributed by atoms with E-state index in [0.717, 1.165) is 16.3 Å². The lowest BCUT2D eigenvalue weighted by atomic mass is 9.86. The van der Waals surface area contributed by atoms with Crippen molar-refractivity contribution in [2.24, 2.45) is 0 Å². The second-order valence-electron chi connectivity index (χ2n) is 4.64. The Morgan fingerprint density at radius 3 is 2.33 bits per heavy atom. The summed E-state index contributed by atoms with van der Waals surface area (Å²) >= 11 is 0. The number of rotatable bonds is 1.